The molecule has 7 heteroatoms. The number of halogens is 1. The number of nitrogens with one attached hydrogen (secondary N) is 2. The molecule has 138 valence electrons. The predicted octanol–water partition coefficient (Wildman–Crippen LogP) is 4.26. The Kier molecular flexibility index (Phi) is 7.29. The van der Waals surface area contributed by atoms with Crippen LogP contribution in [0.1, 0.15) is 19.4 Å². The number of carbonyl (C=O) groups excluding carboxylic acids is 1. The van der Waals surface area contributed by atoms with Crippen LogP contribution in [-0.2, 0) is 0 Å². The van der Waals surface area contributed by atoms with E-state index in [4.69, 9.17) is 21.1 Å². The lowest BCUT2D eigenvalue weighted by Gasteiger charge is -2.09. The molecule has 0 bridgehead atoms. The van der Waals surface area contributed by atoms with Crippen LogP contribution in [0.4, 0.5) is 4.79 Å². The summed E-state index contributed by atoms with van der Waals surface area (Å²) >= 11 is 6.20. The fourth-order valence-electron chi connectivity index (χ4n) is 2.07. The first-order chi connectivity index (χ1) is 12.5. The van der Waals surface area contributed by atoms with Crippen molar-refractivity contribution in [3.63, 3.8) is 0 Å². The molecule has 1 aromatic heterocycles. The van der Waals surface area contributed by atoms with Gasteiger partial charge in [0.25, 0.3) is 0 Å². The molecule has 0 saturated heterocycles. The lowest BCUT2D eigenvalue weighted by Crippen LogP contribution is -2.37. The molecular formula is C19H22ClN3O3. The van der Waals surface area contributed by atoms with E-state index in [-0.39, 0.29) is 12.1 Å². The van der Waals surface area contributed by atoms with E-state index in [2.05, 4.69) is 15.6 Å². The lowest BCUT2D eigenvalue weighted by atomic mass is 10.2. The minimum Gasteiger partial charge on any atom is -0.494 e. The van der Waals surface area contributed by atoms with Gasteiger partial charge >= 0.3 is 6.03 Å². The number of hydrogen-bond donors (Lipinski definition) is 2. The first kappa shape index (κ1) is 19.6. The highest BCUT2D eigenvalue weighted by Gasteiger charge is 2.06. The van der Waals surface area contributed by atoms with Gasteiger partial charge in [-0.15, -0.1) is 0 Å². The molecule has 0 fully saturated rings. The Labute approximate surface area is 158 Å². The standard InChI is InChI=1S/C19H22ClN3O3/c1-4-25-15-8-9-17(16(20)11-15)26-18-10-7-14(12-22-18)6-5-13(2)23-19(24)21-3/h5-13H,4H2,1-3H3,(H2,21,23,24)/t13-/m0/s1. The van der Waals surface area contributed by atoms with E-state index in [0.717, 1.165) is 5.56 Å². The Balaban J connectivity index is 1.98. The first-order valence-electron chi connectivity index (χ1n) is 8.24. The fourth-order valence-corrected chi connectivity index (χ4v) is 2.28. The molecule has 26 heavy (non-hydrogen) atoms. The molecule has 1 atom stereocenters. The van der Waals surface area contributed by atoms with Gasteiger partial charge in [-0.05, 0) is 37.6 Å². The Morgan fingerprint density at radius 2 is 2.15 bits per heavy atom. The van der Waals surface area contributed by atoms with Gasteiger partial charge in [0.15, 0.2) is 0 Å². The Morgan fingerprint density at radius 3 is 2.77 bits per heavy atom. The number of hydrogen-bond acceptors (Lipinski definition) is 4. The molecule has 1 aromatic carbocycles. The number of aromatic nitrogens is 1. The van der Waals surface area contributed by atoms with Gasteiger partial charge in [-0.3, -0.25) is 0 Å². The molecule has 0 saturated carbocycles. The summed E-state index contributed by atoms with van der Waals surface area (Å²) in [6.45, 7) is 4.36. The molecule has 2 N–H and O–H groups in total. The molecule has 0 aliphatic heterocycles. The molecule has 0 spiro atoms. The summed E-state index contributed by atoms with van der Waals surface area (Å²) in [5.74, 6) is 1.64. The van der Waals surface area contributed by atoms with Gasteiger partial charge in [-0.25, -0.2) is 9.78 Å². The van der Waals surface area contributed by atoms with Crippen molar-refractivity contribution < 1.29 is 14.3 Å². The largest absolute Gasteiger partial charge is 0.494 e. The average molecular weight is 376 g/mol. The number of nitrogens with zero attached hydrogens (tertiary/aromatic N) is 1. The quantitative estimate of drug-likeness (QED) is 0.758. The maximum absolute atomic E-state index is 11.2. The van der Waals surface area contributed by atoms with Crippen molar-refractivity contribution in [2.24, 2.45) is 0 Å². The van der Waals surface area contributed by atoms with Crippen molar-refractivity contribution in [3.8, 4) is 17.4 Å². The summed E-state index contributed by atoms with van der Waals surface area (Å²) in [7, 11) is 1.57. The second-order valence-electron chi connectivity index (χ2n) is 5.43. The van der Waals surface area contributed by atoms with Crippen LogP contribution in [0, 0.1) is 0 Å². The number of amides is 2. The van der Waals surface area contributed by atoms with Crippen LogP contribution in [0.25, 0.3) is 6.08 Å². The second kappa shape index (κ2) is 9.68. The van der Waals surface area contributed by atoms with Crippen molar-refractivity contribution in [1.29, 1.82) is 0 Å². The Bertz CT molecular complexity index is 763. The van der Waals surface area contributed by atoms with E-state index in [1.54, 1.807) is 37.5 Å². The molecule has 0 radical (unpaired) electrons. The molecule has 0 unspecified atom stereocenters. The third kappa shape index (κ3) is 5.97. The number of rotatable bonds is 7. The fraction of sp³-hybridized carbons (Fsp3) is 0.263. The zero-order valence-electron chi connectivity index (χ0n) is 15.0. The maximum Gasteiger partial charge on any atom is 0.314 e. The van der Waals surface area contributed by atoms with E-state index in [1.165, 1.54) is 0 Å². The van der Waals surface area contributed by atoms with Gasteiger partial charge in [-0.2, -0.15) is 0 Å². The normalized spacial score (nSPS) is 11.8. The molecule has 1 heterocycles. The predicted molar refractivity (Wildman–Crippen MR) is 103 cm³/mol. The highest BCUT2D eigenvalue weighted by molar-refractivity contribution is 6.32. The van der Waals surface area contributed by atoms with Crippen molar-refractivity contribution in [1.82, 2.24) is 15.6 Å². The van der Waals surface area contributed by atoms with Crippen LogP contribution >= 0.6 is 11.6 Å². The minimum absolute atomic E-state index is 0.103. The Morgan fingerprint density at radius 1 is 1.35 bits per heavy atom. The molecule has 0 aliphatic rings. The number of ether oxygens (including phenoxy) is 2. The summed E-state index contributed by atoms with van der Waals surface area (Å²) in [6, 6.07) is 8.54. The van der Waals surface area contributed by atoms with E-state index < -0.39 is 0 Å². The minimum atomic E-state index is -0.226. The summed E-state index contributed by atoms with van der Waals surface area (Å²) in [6.07, 6.45) is 5.43. The molecule has 2 aromatic rings. The van der Waals surface area contributed by atoms with Gasteiger partial charge in [0.1, 0.15) is 11.5 Å². The van der Waals surface area contributed by atoms with Crippen molar-refractivity contribution in [2.45, 2.75) is 19.9 Å². The molecule has 0 aliphatic carbocycles. The molecule has 2 rings (SSSR count). The zero-order chi connectivity index (χ0) is 18.9. The molecule has 6 nitrogen and oxygen atoms in total. The third-order valence-electron chi connectivity index (χ3n) is 3.35. The van der Waals surface area contributed by atoms with Crippen LogP contribution in [-0.4, -0.2) is 30.7 Å². The van der Waals surface area contributed by atoms with Gasteiger partial charge in [0.2, 0.25) is 5.88 Å². The summed E-state index contributed by atoms with van der Waals surface area (Å²) in [4.78, 5) is 15.5. The number of pyridine rings is 1. The van der Waals surface area contributed by atoms with Crippen LogP contribution < -0.4 is 20.1 Å². The van der Waals surface area contributed by atoms with E-state index in [0.29, 0.717) is 29.0 Å². The topological polar surface area (TPSA) is 72.5 Å². The molecule has 2 amide bonds. The SMILES string of the molecule is CCOc1ccc(Oc2ccc(C=C[C@H](C)NC(=O)NC)cn2)c(Cl)c1. The van der Waals surface area contributed by atoms with Gasteiger partial charge in [-0.1, -0.05) is 23.8 Å². The number of carbonyl (C=O) groups is 1. The highest BCUT2D eigenvalue weighted by Crippen LogP contribution is 2.31. The smallest absolute Gasteiger partial charge is 0.314 e. The van der Waals surface area contributed by atoms with Gasteiger partial charge in [0.05, 0.1) is 11.6 Å². The lowest BCUT2D eigenvalue weighted by molar-refractivity contribution is 0.241. The van der Waals surface area contributed by atoms with Gasteiger partial charge in [0, 0.05) is 31.4 Å². The van der Waals surface area contributed by atoms with E-state index >= 15 is 0 Å². The number of urea groups is 1. The van der Waals surface area contributed by atoms with Crippen molar-refractivity contribution >= 4 is 23.7 Å². The van der Waals surface area contributed by atoms with Crippen LogP contribution in [0.5, 0.6) is 17.4 Å². The average Bonchev–Trinajstić information content (AvgIpc) is 2.63. The van der Waals surface area contributed by atoms with Crippen LogP contribution in [0.15, 0.2) is 42.6 Å². The monoisotopic (exact) mass is 375 g/mol. The van der Waals surface area contributed by atoms with Crippen LogP contribution in [0.2, 0.25) is 5.02 Å². The first-order valence-corrected chi connectivity index (χ1v) is 8.62. The van der Waals surface area contributed by atoms with Crippen molar-refractivity contribution in [3.05, 3.63) is 53.2 Å². The van der Waals surface area contributed by atoms with E-state index in [1.807, 2.05) is 32.1 Å². The summed E-state index contributed by atoms with van der Waals surface area (Å²) in [5, 5.41) is 5.72. The number of benzene rings is 1. The highest BCUT2D eigenvalue weighted by atomic mass is 35.5. The second-order valence-corrected chi connectivity index (χ2v) is 5.84. The van der Waals surface area contributed by atoms with Crippen LogP contribution in [0.3, 0.4) is 0 Å². The maximum atomic E-state index is 11.2. The van der Waals surface area contributed by atoms with Crippen molar-refractivity contribution in [2.75, 3.05) is 13.7 Å². The molecular weight excluding hydrogens is 354 g/mol. The Hall–Kier alpha value is -2.73. The summed E-state index contributed by atoms with van der Waals surface area (Å²) < 4.78 is 11.1. The zero-order valence-corrected chi connectivity index (χ0v) is 15.7. The summed E-state index contributed by atoms with van der Waals surface area (Å²) in [5.41, 5.74) is 0.890. The third-order valence-corrected chi connectivity index (χ3v) is 3.65. The van der Waals surface area contributed by atoms with E-state index in [9.17, 15) is 4.79 Å². The van der Waals surface area contributed by atoms with Gasteiger partial charge < -0.3 is 20.1 Å².